The van der Waals surface area contributed by atoms with Crippen LogP contribution < -0.4 is 0 Å². The maximum Gasteiger partial charge on any atom is 0.313 e. The number of halogens is 3. The highest BCUT2D eigenvalue weighted by atomic mass is 79.9. The van der Waals surface area contributed by atoms with Crippen molar-refractivity contribution in [1.29, 1.82) is 0 Å². The second-order valence-corrected chi connectivity index (χ2v) is 6.33. The topological polar surface area (TPSA) is 26.3 Å². The molecule has 110 valence electrons. The van der Waals surface area contributed by atoms with Gasteiger partial charge in [-0.2, -0.15) is 0 Å². The van der Waals surface area contributed by atoms with Crippen molar-refractivity contribution in [2.45, 2.75) is 12.3 Å². The summed E-state index contributed by atoms with van der Waals surface area (Å²) in [5, 5.41) is 1.01. The number of esters is 1. The van der Waals surface area contributed by atoms with Gasteiger partial charge in [-0.05, 0) is 41.8 Å². The summed E-state index contributed by atoms with van der Waals surface area (Å²) >= 11 is 15.5. The minimum absolute atomic E-state index is 0.317. The second-order valence-electron chi connectivity index (χ2n) is 4.57. The number of methoxy groups -OCH3 is 1. The molecular weight excluding hydrogens is 375 g/mol. The van der Waals surface area contributed by atoms with Crippen LogP contribution in [0.25, 0.3) is 0 Å². The predicted octanol–water partition coefficient (Wildman–Crippen LogP) is 5.26. The molecule has 0 aromatic heterocycles. The minimum Gasteiger partial charge on any atom is -0.469 e. The van der Waals surface area contributed by atoms with E-state index >= 15 is 0 Å². The molecule has 0 radical (unpaired) electrons. The van der Waals surface area contributed by atoms with Crippen LogP contribution in [-0.4, -0.2) is 13.1 Å². The first-order valence-electron chi connectivity index (χ1n) is 6.28. The molecule has 0 saturated carbocycles. The Bertz CT molecular complexity index is 641. The number of carbonyl (C=O) groups is 1. The maximum absolute atomic E-state index is 12.1. The van der Waals surface area contributed by atoms with E-state index in [0.29, 0.717) is 16.5 Å². The van der Waals surface area contributed by atoms with Gasteiger partial charge in [-0.3, -0.25) is 4.79 Å². The van der Waals surface area contributed by atoms with Crippen molar-refractivity contribution in [3.63, 3.8) is 0 Å². The van der Waals surface area contributed by atoms with Crippen molar-refractivity contribution in [3.05, 3.63) is 68.1 Å². The number of benzene rings is 2. The summed E-state index contributed by atoms with van der Waals surface area (Å²) in [7, 11) is 1.38. The molecule has 1 atom stereocenters. The zero-order valence-electron chi connectivity index (χ0n) is 11.3. The molecule has 0 spiro atoms. The Morgan fingerprint density at radius 1 is 1.19 bits per heavy atom. The van der Waals surface area contributed by atoms with Gasteiger partial charge in [-0.15, -0.1) is 0 Å². The van der Waals surface area contributed by atoms with Gasteiger partial charge in [-0.1, -0.05) is 57.3 Å². The van der Waals surface area contributed by atoms with Crippen molar-refractivity contribution in [2.24, 2.45) is 0 Å². The molecule has 0 amide bonds. The molecule has 0 unspecified atom stereocenters. The summed E-state index contributed by atoms with van der Waals surface area (Å²) in [4.78, 5) is 12.1. The van der Waals surface area contributed by atoms with Crippen LogP contribution in [0.4, 0.5) is 0 Å². The van der Waals surface area contributed by atoms with E-state index < -0.39 is 5.92 Å². The fourth-order valence-corrected chi connectivity index (χ4v) is 2.91. The van der Waals surface area contributed by atoms with Crippen LogP contribution in [0, 0.1) is 0 Å². The predicted molar refractivity (Wildman–Crippen MR) is 89.1 cm³/mol. The number of rotatable bonds is 4. The molecule has 5 heteroatoms. The van der Waals surface area contributed by atoms with Crippen LogP contribution in [0.2, 0.25) is 10.0 Å². The highest BCUT2D eigenvalue weighted by molar-refractivity contribution is 9.10. The first-order chi connectivity index (χ1) is 10.0. The van der Waals surface area contributed by atoms with Crippen LogP contribution in [0.3, 0.4) is 0 Å². The minimum atomic E-state index is -0.457. The van der Waals surface area contributed by atoms with E-state index in [0.717, 1.165) is 15.6 Å². The van der Waals surface area contributed by atoms with E-state index in [1.807, 2.05) is 24.3 Å². The largest absolute Gasteiger partial charge is 0.469 e. The maximum atomic E-state index is 12.1. The van der Waals surface area contributed by atoms with Crippen molar-refractivity contribution >= 4 is 45.1 Å². The smallest absolute Gasteiger partial charge is 0.313 e. The van der Waals surface area contributed by atoms with Gasteiger partial charge in [-0.25, -0.2) is 0 Å². The lowest BCUT2D eigenvalue weighted by Gasteiger charge is -2.17. The van der Waals surface area contributed by atoms with Gasteiger partial charge in [0.15, 0.2) is 0 Å². The Balaban J connectivity index is 2.34. The highest BCUT2D eigenvalue weighted by Gasteiger charge is 2.24. The number of hydrogen-bond acceptors (Lipinski definition) is 2. The Morgan fingerprint density at radius 3 is 2.43 bits per heavy atom. The van der Waals surface area contributed by atoms with Crippen LogP contribution in [-0.2, 0) is 16.0 Å². The van der Waals surface area contributed by atoms with E-state index in [9.17, 15) is 4.79 Å². The van der Waals surface area contributed by atoms with Crippen molar-refractivity contribution in [2.75, 3.05) is 7.11 Å². The van der Waals surface area contributed by atoms with Gasteiger partial charge >= 0.3 is 5.97 Å². The molecule has 0 fully saturated rings. The molecule has 0 aliphatic rings. The molecule has 0 aliphatic carbocycles. The van der Waals surface area contributed by atoms with Gasteiger partial charge in [0.2, 0.25) is 0 Å². The summed E-state index contributed by atoms with van der Waals surface area (Å²) < 4.78 is 5.90. The Morgan fingerprint density at radius 2 is 1.86 bits per heavy atom. The molecule has 0 saturated heterocycles. The zero-order valence-corrected chi connectivity index (χ0v) is 14.4. The fraction of sp³-hybridized carbons (Fsp3) is 0.188. The fourth-order valence-electron chi connectivity index (χ4n) is 2.10. The first-order valence-corrected chi connectivity index (χ1v) is 7.83. The number of hydrogen-bond donors (Lipinski definition) is 0. The van der Waals surface area contributed by atoms with E-state index in [4.69, 9.17) is 27.9 Å². The van der Waals surface area contributed by atoms with Crippen LogP contribution in [0.1, 0.15) is 17.0 Å². The third-order valence-corrected chi connectivity index (χ3v) is 4.27. The van der Waals surface area contributed by atoms with Crippen LogP contribution in [0.15, 0.2) is 46.9 Å². The lowest BCUT2D eigenvalue weighted by Crippen LogP contribution is -2.17. The lowest BCUT2D eigenvalue weighted by atomic mass is 9.92. The van der Waals surface area contributed by atoms with Crippen molar-refractivity contribution in [1.82, 2.24) is 0 Å². The van der Waals surface area contributed by atoms with E-state index in [2.05, 4.69) is 15.9 Å². The number of carbonyl (C=O) groups excluding carboxylic acids is 1. The average Bonchev–Trinajstić information content (AvgIpc) is 2.47. The van der Waals surface area contributed by atoms with E-state index in [-0.39, 0.29) is 5.97 Å². The third-order valence-electron chi connectivity index (χ3n) is 3.18. The summed E-state index contributed by atoms with van der Waals surface area (Å²) in [5.41, 5.74) is 1.75. The molecular formula is C16H13BrCl2O2. The molecule has 21 heavy (non-hydrogen) atoms. The van der Waals surface area contributed by atoms with Crippen LogP contribution in [0.5, 0.6) is 0 Å². The van der Waals surface area contributed by atoms with Gasteiger partial charge in [0, 0.05) is 14.5 Å². The van der Waals surface area contributed by atoms with Gasteiger partial charge in [0.25, 0.3) is 0 Å². The standard InChI is InChI=1S/C16H13BrCl2O2/c1-21-16(20)14(8-10-2-4-11(17)5-3-10)13-7-6-12(18)9-15(13)19/h2-7,9,14H,8H2,1H3/t14-/m1/s1. The van der Waals surface area contributed by atoms with E-state index in [1.54, 1.807) is 18.2 Å². The Labute approximate surface area is 142 Å². The molecule has 0 heterocycles. The molecule has 2 nitrogen and oxygen atoms in total. The SMILES string of the molecule is COC(=O)[C@H](Cc1ccc(Br)cc1)c1ccc(Cl)cc1Cl. The highest BCUT2D eigenvalue weighted by Crippen LogP contribution is 2.31. The zero-order chi connectivity index (χ0) is 15.4. The monoisotopic (exact) mass is 386 g/mol. The molecule has 0 bridgehead atoms. The summed E-state index contributed by atoms with van der Waals surface area (Å²) in [6.07, 6.45) is 0.515. The van der Waals surface area contributed by atoms with Gasteiger partial charge in [0.05, 0.1) is 13.0 Å². The first kappa shape index (κ1) is 16.3. The lowest BCUT2D eigenvalue weighted by molar-refractivity contribution is -0.142. The molecule has 2 rings (SSSR count). The Hall–Kier alpha value is -1.03. The van der Waals surface area contributed by atoms with Crippen LogP contribution >= 0.6 is 39.1 Å². The summed E-state index contributed by atoms with van der Waals surface area (Å²) in [5.74, 6) is -0.775. The molecule has 0 N–H and O–H groups in total. The van der Waals surface area contributed by atoms with Gasteiger partial charge in [0.1, 0.15) is 0 Å². The van der Waals surface area contributed by atoms with Crippen molar-refractivity contribution < 1.29 is 9.53 Å². The van der Waals surface area contributed by atoms with Crippen molar-refractivity contribution in [3.8, 4) is 0 Å². The average molecular weight is 388 g/mol. The third kappa shape index (κ3) is 4.22. The quantitative estimate of drug-likeness (QED) is 0.669. The molecule has 0 aliphatic heterocycles. The normalized spacial score (nSPS) is 12.0. The summed E-state index contributed by atoms with van der Waals surface area (Å²) in [6.45, 7) is 0. The summed E-state index contributed by atoms with van der Waals surface area (Å²) in [6, 6.07) is 12.9. The number of ether oxygens (including phenoxy) is 1. The molecule has 2 aromatic rings. The second kappa shape index (κ2) is 7.30. The van der Waals surface area contributed by atoms with Gasteiger partial charge < -0.3 is 4.74 Å². The molecule has 2 aromatic carbocycles. The Kier molecular flexibility index (Phi) is 5.68. The van der Waals surface area contributed by atoms with E-state index in [1.165, 1.54) is 7.11 Å².